The van der Waals surface area contributed by atoms with Gasteiger partial charge >= 0.3 is 5.97 Å². The molecule has 0 saturated carbocycles. The van der Waals surface area contributed by atoms with Crippen LogP contribution in [0.2, 0.25) is 0 Å². The van der Waals surface area contributed by atoms with Gasteiger partial charge in [0.05, 0.1) is 0 Å². The Labute approximate surface area is 100 Å². The lowest BCUT2D eigenvalue weighted by Crippen LogP contribution is -2.43. The van der Waals surface area contributed by atoms with Crippen LogP contribution in [0.4, 0.5) is 0 Å². The van der Waals surface area contributed by atoms with Crippen LogP contribution < -0.4 is 0 Å². The molecule has 3 heterocycles. The van der Waals surface area contributed by atoms with Crippen LogP contribution in [-0.4, -0.2) is 23.0 Å². The molecule has 4 rings (SSSR count). The van der Waals surface area contributed by atoms with Gasteiger partial charge in [-0.1, -0.05) is 30.3 Å². The minimum absolute atomic E-state index is 0.0323. The van der Waals surface area contributed by atoms with Gasteiger partial charge in [-0.25, -0.2) is 9.69 Å². The Morgan fingerprint density at radius 1 is 1.35 bits per heavy atom. The zero-order valence-electron chi connectivity index (χ0n) is 9.85. The minimum Gasteiger partial charge on any atom is -0.438 e. The predicted octanol–water partition coefficient (Wildman–Crippen LogP) is 1.88. The summed E-state index contributed by atoms with van der Waals surface area (Å²) >= 11 is 0. The first kappa shape index (κ1) is 9.66. The van der Waals surface area contributed by atoms with Gasteiger partial charge in [-0.05, 0) is 19.3 Å². The van der Waals surface area contributed by atoms with Crippen LogP contribution in [0.3, 0.4) is 0 Å². The van der Waals surface area contributed by atoms with Crippen molar-refractivity contribution >= 4 is 5.97 Å². The number of piperidine rings is 1. The smallest absolute Gasteiger partial charge is 0.328 e. The Balaban J connectivity index is 1.90. The van der Waals surface area contributed by atoms with E-state index >= 15 is 0 Å². The summed E-state index contributed by atoms with van der Waals surface area (Å²) in [5.74, 6) is 0.430. The highest BCUT2D eigenvalue weighted by atomic mass is 16.6. The normalized spacial score (nSPS) is 46.3. The van der Waals surface area contributed by atoms with Crippen molar-refractivity contribution in [3.8, 4) is 0 Å². The van der Waals surface area contributed by atoms with Crippen molar-refractivity contribution in [1.29, 1.82) is 0 Å². The molecule has 3 fully saturated rings. The van der Waals surface area contributed by atoms with Gasteiger partial charge in [0.25, 0.3) is 0 Å². The summed E-state index contributed by atoms with van der Waals surface area (Å²) in [7, 11) is 0. The molecule has 3 nitrogen and oxygen atoms in total. The van der Waals surface area contributed by atoms with Crippen molar-refractivity contribution < 1.29 is 9.53 Å². The lowest BCUT2D eigenvalue weighted by molar-refractivity contribution is -0.166. The fourth-order valence-electron chi connectivity index (χ4n) is 3.98. The SMILES string of the molecule is C[C@@]12C(=O)O[C@@]3(c4ccccc4)C[C@@H]1CCN32. The molecule has 88 valence electrons. The first-order valence-corrected chi connectivity index (χ1v) is 6.25. The molecule has 0 spiro atoms. The molecule has 1 aromatic rings. The van der Waals surface area contributed by atoms with Crippen LogP contribution >= 0.6 is 0 Å². The van der Waals surface area contributed by atoms with Gasteiger partial charge in [-0.2, -0.15) is 0 Å². The molecule has 0 N–H and O–H groups in total. The number of carbonyl (C=O) groups excluding carboxylic acids is 1. The van der Waals surface area contributed by atoms with Gasteiger partial charge in [-0.3, -0.25) is 0 Å². The fraction of sp³-hybridized carbons (Fsp3) is 0.500. The number of rotatable bonds is 1. The van der Waals surface area contributed by atoms with E-state index in [9.17, 15) is 4.79 Å². The number of hydrogen-bond acceptors (Lipinski definition) is 3. The molecule has 3 aliphatic rings. The Morgan fingerprint density at radius 3 is 2.82 bits per heavy atom. The molecule has 3 heteroatoms. The number of benzene rings is 1. The van der Waals surface area contributed by atoms with E-state index in [4.69, 9.17) is 4.74 Å². The molecule has 17 heavy (non-hydrogen) atoms. The van der Waals surface area contributed by atoms with E-state index in [0.717, 1.165) is 24.9 Å². The summed E-state index contributed by atoms with van der Waals surface area (Å²) in [4.78, 5) is 14.4. The van der Waals surface area contributed by atoms with E-state index in [1.807, 2.05) is 25.1 Å². The van der Waals surface area contributed by atoms with Gasteiger partial charge in [0, 0.05) is 18.5 Å². The highest BCUT2D eigenvalue weighted by Crippen LogP contribution is 2.62. The third kappa shape index (κ3) is 0.879. The summed E-state index contributed by atoms with van der Waals surface area (Å²) in [5.41, 5.74) is 0.297. The summed E-state index contributed by atoms with van der Waals surface area (Å²) in [6.45, 7) is 3.02. The van der Waals surface area contributed by atoms with Crippen LogP contribution in [0.25, 0.3) is 0 Å². The molecule has 0 aliphatic carbocycles. The molecule has 0 radical (unpaired) electrons. The van der Waals surface area contributed by atoms with Crippen molar-refractivity contribution in [2.75, 3.05) is 6.54 Å². The first-order valence-electron chi connectivity index (χ1n) is 6.25. The Hall–Kier alpha value is -1.35. The lowest BCUT2D eigenvalue weighted by Gasteiger charge is -2.35. The van der Waals surface area contributed by atoms with E-state index in [1.165, 1.54) is 0 Å². The summed E-state index contributed by atoms with van der Waals surface area (Å²) < 4.78 is 5.76. The standard InChI is InChI=1S/C14H15NO2/c1-13-11-7-8-15(13)14(9-11,17-12(13)16)10-5-3-2-4-6-10/h2-6,11H,7-9H2,1H3/t11-,13-,14+/m0/s1. The summed E-state index contributed by atoms with van der Waals surface area (Å²) in [5, 5.41) is 0. The molecule has 0 aromatic heterocycles. The maximum absolute atomic E-state index is 12.1. The van der Waals surface area contributed by atoms with Gasteiger partial charge in [0.2, 0.25) is 0 Å². The maximum Gasteiger partial charge on any atom is 0.328 e. The number of esters is 1. The zero-order chi connectivity index (χ0) is 11.7. The van der Waals surface area contributed by atoms with Gasteiger partial charge in [-0.15, -0.1) is 0 Å². The van der Waals surface area contributed by atoms with Crippen LogP contribution in [0, 0.1) is 5.92 Å². The summed E-state index contributed by atoms with van der Waals surface area (Å²) in [6.07, 6.45) is 2.08. The minimum atomic E-state index is -0.462. The van der Waals surface area contributed by atoms with E-state index < -0.39 is 5.72 Å². The average Bonchev–Trinajstić information content (AvgIpc) is 2.89. The first-order chi connectivity index (χ1) is 8.18. The highest BCUT2D eigenvalue weighted by molar-refractivity contribution is 5.85. The number of ether oxygens (including phenoxy) is 1. The van der Waals surface area contributed by atoms with Crippen molar-refractivity contribution in [3.63, 3.8) is 0 Å². The monoisotopic (exact) mass is 229 g/mol. The van der Waals surface area contributed by atoms with Crippen LogP contribution in [0.5, 0.6) is 0 Å². The largest absolute Gasteiger partial charge is 0.438 e. The Bertz CT molecular complexity index is 500. The van der Waals surface area contributed by atoms with Gasteiger partial charge in [0.15, 0.2) is 5.72 Å². The Morgan fingerprint density at radius 2 is 2.12 bits per heavy atom. The Kier molecular flexibility index (Phi) is 1.55. The second-order valence-electron chi connectivity index (χ2n) is 5.53. The quantitative estimate of drug-likeness (QED) is 0.689. The molecule has 1 aromatic carbocycles. The van der Waals surface area contributed by atoms with Crippen molar-refractivity contribution in [1.82, 2.24) is 4.90 Å². The van der Waals surface area contributed by atoms with Gasteiger partial charge < -0.3 is 4.74 Å². The highest BCUT2D eigenvalue weighted by Gasteiger charge is 2.73. The lowest BCUT2D eigenvalue weighted by atomic mass is 9.83. The average molecular weight is 229 g/mol. The topological polar surface area (TPSA) is 29.5 Å². The van der Waals surface area contributed by atoms with Crippen molar-refractivity contribution in [3.05, 3.63) is 35.9 Å². The fourth-order valence-corrected chi connectivity index (χ4v) is 3.98. The van der Waals surface area contributed by atoms with E-state index in [2.05, 4.69) is 17.0 Å². The molecular weight excluding hydrogens is 214 g/mol. The second-order valence-corrected chi connectivity index (χ2v) is 5.53. The number of hydrogen-bond donors (Lipinski definition) is 0. The molecule has 4 atom stereocenters. The number of carbonyl (C=O) groups is 1. The molecule has 3 aliphatic heterocycles. The predicted molar refractivity (Wildman–Crippen MR) is 62.0 cm³/mol. The van der Waals surface area contributed by atoms with Crippen LogP contribution in [-0.2, 0) is 15.3 Å². The third-order valence-electron chi connectivity index (χ3n) is 4.92. The number of nitrogens with zero attached hydrogens (tertiary/aromatic N) is 1. The van der Waals surface area contributed by atoms with Gasteiger partial charge in [0.1, 0.15) is 5.54 Å². The van der Waals surface area contributed by atoms with Crippen molar-refractivity contribution in [2.24, 2.45) is 5.92 Å². The summed E-state index contributed by atoms with van der Waals surface area (Å²) in [6, 6.07) is 10.2. The molecular formula is C14H15NO2. The molecule has 1 unspecified atom stereocenters. The van der Waals surface area contributed by atoms with E-state index in [1.54, 1.807) is 0 Å². The van der Waals surface area contributed by atoms with Crippen LogP contribution in [0.1, 0.15) is 25.3 Å². The third-order valence-corrected chi connectivity index (χ3v) is 4.92. The van der Waals surface area contributed by atoms with Crippen molar-refractivity contribution in [2.45, 2.75) is 31.0 Å². The molecule has 0 amide bonds. The maximum atomic E-state index is 12.1. The molecule has 4 bridgehead atoms. The second kappa shape index (κ2) is 2.72. The van der Waals surface area contributed by atoms with Crippen LogP contribution in [0.15, 0.2) is 30.3 Å². The molecule has 3 saturated heterocycles. The zero-order valence-corrected chi connectivity index (χ0v) is 9.85. The van der Waals surface area contributed by atoms with E-state index in [-0.39, 0.29) is 11.5 Å². The van der Waals surface area contributed by atoms with E-state index in [0.29, 0.717) is 5.92 Å².